The fourth-order valence-corrected chi connectivity index (χ4v) is 3.24. The third-order valence-electron chi connectivity index (χ3n) is 5.05. The summed E-state index contributed by atoms with van der Waals surface area (Å²) in [4.78, 5) is 13.8. The lowest BCUT2D eigenvalue weighted by atomic mass is 10.1. The number of methoxy groups -OCH3 is 1. The van der Waals surface area contributed by atoms with Crippen LogP contribution in [0.1, 0.15) is 18.1 Å². The Morgan fingerprint density at radius 3 is 2.56 bits per heavy atom. The van der Waals surface area contributed by atoms with Gasteiger partial charge in [-0.05, 0) is 48.9 Å². The number of nitrogens with one attached hydrogen (secondary N) is 2. The number of aryl methyl sites for hydroxylation is 1. The lowest BCUT2D eigenvalue weighted by Crippen LogP contribution is -3.12. The van der Waals surface area contributed by atoms with Crippen LogP contribution in [0, 0.1) is 6.92 Å². The molecule has 3 rings (SSSR count). The number of hydrogen-bond donors (Lipinski definition) is 2. The van der Waals surface area contributed by atoms with E-state index in [0.717, 1.165) is 39.2 Å². The van der Waals surface area contributed by atoms with E-state index in [4.69, 9.17) is 4.74 Å². The number of quaternary nitrogens is 1. The zero-order chi connectivity index (χ0) is 19.4. The maximum atomic E-state index is 12.7. The highest BCUT2D eigenvalue weighted by atomic mass is 16.5. The maximum absolute atomic E-state index is 12.7. The fourth-order valence-electron chi connectivity index (χ4n) is 3.24. The Morgan fingerprint density at radius 1 is 1.07 bits per heavy atom. The van der Waals surface area contributed by atoms with E-state index in [0.29, 0.717) is 0 Å². The van der Waals surface area contributed by atoms with Crippen molar-refractivity contribution in [3.05, 3.63) is 71.8 Å². The topological polar surface area (TPSA) is 42.8 Å². The predicted molar refractivity (Wildman–Crippen MR) is 110 cm³/mol. The van der Waals surface area contributed by atoms with Gasteiger partial charge in [0.25, 0.3) is 5.91 Å². The van der Waals surface area contributed by atoms with Gasteiger partial charge in [0.05, 0.1) is 14.2 Å². The molecule has 0 bridgehead atoms. The van der Waals surface area contributed by atoms with Crippen LogP contribution in [0.15, 0.2) is 60.7 Å². The summed E-state index contributed by atoms with van der Waals surface area (Å²) in [7, 11) is 3.71. The average Bonchev–Trinajstić information content (AvgIpc) is 2.67. The number of likely N-dealkylation sites (N-methyl/N-ethyl adjacent to an activating group) is 1. The van der Waals surface area contributed by atoms with Gasteiger partial charge in [-0.15, -0.1) is 0 Å². The summed E-state index contributed by atoms with van der Waals surface area (Å²) in [6.07, 6.45) is 0. The molecule has 0 fully saturated rings. The molecule has 0 aromatic heterocycles. The molecule has 3 aromatic carbocycles. The van der Waals surface area contributed by atoms with Gasteiger partial charge in [-0.3, -0.25) is 4.79 Å². The molecule has 1 amide bonds. The molecule has 0 saturated heterocycles. The molecule has 0 saturated carbocycles. The largest absolute Gasteiger partial charge is 0.496 e. The number of amides is 1. The molecule has 4 heteroatoms. The molecule has 0 aliphatic rings. The smallest absolute Gasteiger partial charge is 0.282 e. The molecule has 0 heterocycles. The zero-order valence-electron chi connectivity index (χ0n) is 16.4. The molecule has 1 unspecified atom stereocenters. The minimum absolute atomic E-state index is 0.00870. The summed E-state index contributed by atoms with van der Waals surface area (Å²) < 4.78 is 5.46. The van der Waals surface area contributed by atoms with E-state index < -0.39 is 0 Å². The van der Waals surface area contributed by atoms with Gasteiger partial charge in [-0.1, -0.05) is 42.0 Å². The van der Waals surface area contributed by atoms with E-state index in [1.54, 1.807) is 7.11 Å². The third kappa shape index (κ3) is 4.47. The number of anilines is 1. The summed E-state index contributed by atoms with van der Waals surface area (Å²) in [5.41, 5.74) is 3.12. The first-order valence-electron chi connectivity index (χ1n) is 9.23. The van der Waals surface area contributed by atoms with Gasteiger partial charge in [0.1, 0.15) is 12.3 Å². The van der Waals surface area contributed by atoms with Crippen LogP contribution in [-0.2, 0) is 11.3 Å². The van der Waals surface area contributed by atoms with Crippen molar-refractivity contribution in [2.24, 2.45) is 0 Å². The maximum Gasteiger partial charge on any atom is 0.282 e. The van der Waals surface area contributed by atoms with Crippen LogP contribution in [0.3, 0.4) is 0 Å². The number of benzene rings is 3. The Kier molecular flexibility index (Phi) is 5.77. The lowest BCUT2D eigenvalue weighted by molar-refractivity contribution is -0.907. The second-order valence-electron chi connectivity index (χ2n) is 7.11. The number of hydrogen-bond acceptors (Lipinski definition) is 2. The highest BCUT2D eigenvalue weighted by molar-refractivity contribution is 5.96. The van der Waals surface area contributed by atoms with E-state index >= 15 is 0 Å². The van der Waals surface area contributed by atoms with Gasteiger partial charge >= 0.3 is 0 Å². The number of rotatable bonds is 6. The lowest BCUT2D eigenvalue weighted by Gasteiger charge is -2.22. The van der Waals surface area contributed by atoms with E-state index in [9.17, 15) is 4.79 Å². The Bertz CT molecular complexity index is 952. The minimum Gasteiger partial charge on any atom is -0.496 e. The van der Waals surface area contributed by atoms with Gasteiger partial charge < -0.3 is 15.0 Å². The van der Waals surface area contributed by atoms with Crippen molar-refractivity contribution in [1.29, 1.82) is 0 Å². The molecule has 2 atom stereocenters. The first kappa shape index (κ1) is 18.9. The van der Waals surface area contributed by atoms with E-state index in [2.05, 4.69) is 30.4 Å². The predicted octanol–water partition coefficient (Wildman–Crippen LogP) is 3.20. The van der Waals surface area contributed by atoms with Crippen LogP contribution in [0.4, 0.5) is 5.69 Å². The first-order chi connectivity index (χ1) is 13.0. The summed E-state index contributed by atoms with van der Waals surface area (Å²) in [6.45, 7) is 4.74. The number of carbonyl (C=O) groups is 1. The van der Waals surface area contributed by atoms with Crippen molar-refractivity contribution in [2.45, 2.75) is 26.4 Å². The first-order valence-corrected chi connectivity index (χ1v) is 9.23. The molecule has 0 aliphatic carbocycles. The fraction of sp³-hybridized carbons (Fsp3) is 0.261. The van der Waals surface area contributed by atoms with Gasteiger partial charge in [0, 0.05) is 11.3 Å². The summed E-state index contributed by atoms with van der Waals surface area (Å²) in [6, 6.07) is 20.1. The molecule has 0 aliphatic heterocycles. The normalized spacial score (nSPS) is 13.2. The van der Waals surface area contributed by atoms with Gasteiger partial charge in [-0.2, -0.15) is 0 Å². The summed E-state index contributed by atoms with van der Waals surface area (Å²) >= 11 is 0. The SMILES string of the molecule is COc1ccc(C)cc1C[NH+](C)[C@@H](C)C(=O)Nc1ccc2ccccc2c1. The summed E-state index contributed by atoms with van der Waals surface area (Å²) in [5, 5.41) is 5.33. The van der Waals surface area contributed by atoms with Crippen LogP contribution in [-0.4, -0.2) is 26.1 Å². The molecule has 27 heavy (non-hydrogen) atoms. The minimum atomic E-state index is -0.193. The van der Waals surface area contributed by atoms with Crippen molar-refractivity contribution in [2.75, 3.05) is 19.5 Å². The van der Waals surface area contributed by atoms with Gasteiger partial charge in [-0.25, -0.2) is 0 Å². The van der Waals surface area contributed by atoms with Gasteiger partial charge in [0.15, 0.2) is 6.04 Å². The van der Waals surface area contributed by atoms with Crippen molar-refractivity contribution in [1.82, 2.24) is 0 Å². The van der Waals surface area contributed by atoms with E-state index in [1.807, 2.05) is 56.4 Å². The van der Waals surface area contributed by atoms with Crippen LogP contribution >= 0.6 is 0 Å². The highest BCUT2D eigenvalue weighted by Crippen LogP contribution is 2.20. The summed E-state index contributed by atoms with van der Waals surface area (Å²) in [5.74, 6) is 0.872. The third-order valence-corrected chi connectivity index (χ3v) is 5.05. The van der Waals surface area contributed by atoms with Crippen molar-refractivity contribution in [3.63, 3.8) is 0 Å². The molecule has 140 valence electrons. The Balaban J connectivity index is 1.69. The van der Waals surface area contributed by atoms with E-state index in [1.165, 1.54) is 5.56 Å². The molecule has 0 spiro atoms. The average molecular weight is 363 g/mol. The number of ether oxygens (including phenoxy) is 1. The standard InChI is InChI=1S/C23H26N2O2/c1-16-9-12-22(27-4)20(13-16)15-25(3)17(2)23(26)24-21-11-10-18-7-5-6-8-19(18)14-21/h5-14,17H,15H2,1-4H3,(H,24,26)/p+1/t17-/m0/s1. The monoisotopic (exact) mass is 363 g/mol. The van der Waals surface area contributed by atoms with Crippen LogP contribution in [0.25, 0.3) is 10.8 Å². The van der Waals surface area contributed by atoms with Crippen molar-refractivity contribution >= 4 is 22.4 Å². The van der Waals surface area contributed by atoms with E-state index in [-0.39, 0.29) is 11.9 Å². The number of carbonyl (C=O) groups excluding carboxylic acids is 1. The Morgan fingerprint density at radius 2 is 1.81 bits per heavy atom. The molecule has 2 N–H and O–H groups in total. The highest BCUT2D eigenvalue weighted by Gasteiger charge is 2.23. The Hall–Kier alpha value is -2.85. The van der Waals surface area contributed by atoms with Gasteiger partial charge in [0.2, 0.25) is 0 Å². The van der Waals surface area contributed by atoms with Crippen LogP contribution in [0.5, 0.6) is 5.75 Å². The quantitative estimate of drug-likeness (QED) is 0.706. The zero-order valence-corrected chi connectivity index (χ0v) is 16.4. The molecule has 0 radical (unpaired) electrons. The molecular weight excluding hydrogens is 336 g/mol. The molecular formula is C23H27N2O2+. The second kappa shape index (κ2) is 8.23. The Labute approximate surface area is 160 Å². The van der Waals surface area contributed by atoms with Crippen LogP contribution in [0.2, 0.25) is 0 Å². The molecule has 4 nitrogen and oxygen atoms in total. The second-order valence-corrected chi connectivity index (χ2v) is 7.11. The van der Waals surface area contributed by atoms with Crippen LogP contribution < -0.4 is 15.0 Å². The number of fused-ring (bicyclic) bond motifs is 1. The molecule has 3 aromatic rings. The van der Waals surface area contributed by atoms with Crippen molar-refractivity contribution in [3.8, 4) is 5.75 Å². The van der Waals surface area contributed by atoms with Crippen molar-refractivity contribution < 1.29 is 14.4 Å².